The molecule has 0 aliphatic carbocycles. The first-order valence-corrected chi connectivity index (χ1v) is 6.98. The minimum Gasteiger partial charge on any atom is -0.343 e. The molecule has 5 nitrogen and oxygen atoms in total. The average molecular weight is 275 g/mol. The number of aromatic nitrogens is 1. The molecule has 1 aliphatic rings. The molecule has 1 saturated heterocycles. The van der Waals surface area contributed by atoms with Gasteiger partial charge in [-0.25, -0.2) is 0 Å². The Hall–Kier alpha value is -1.91. The molecule has 1 aromatic rings. The minimum absolute atomic E-state index is 0.00495. The summed E-state index contributed by atoms with van der Waals surface area (Å²) in [4.78, 5) is 30.2. The SMILES string of the molecule is CC(C)CC1NC(=O)C(C)N(Cc2cccnc2)C1=O. The van der Waals surface area contributed by atoms with Crippen molar-refractivity contribution < 1.29 is 9.59 Å². The Morgan fingerprint density at radius 3 is 2.75 bits per heavy atom. The van der Waals surface area contributed by atoms with E-state index >= 15 is 0 Å². The largest absolute Gasteiger partial charge is 0.343 e. The topological polar surface area (TPSA) is 62.3 Å². The van der Waals surface area contributed by atoms with Gasteiger partial charge in [-0.05, 0) is 30.9 Å². The fourth-order valence-corrected chi connectivity index (χ4v) is 2.42. The zero-order valence-electron chi connectivity index (χ0n) is 12.2. The molecular weight excluding hydrogens is 254 g/mol. The third-order valence-electron chi connectivity index (χ3n) is 3.53. The van der Waals surface area contributed by atoms with Gasteiger partial charge in [0.2, 0.25) is 11.8 Å². The molecule has 2 atom stereocenters. The molecule has 1 fully saturated rings. The van der Waals surface area contributed by atoms with Crippen LogP contribution in [0.5, 0.6) is 0 Å². The second-order valence-electron chi connectivity index (χ2n) is 5.69. The van der Waals surface area contributed by atoms with Gasteiger partial charge in [-0.2, -0.15) is 0 Å². The van der Waals surface area contributed by atoms with E-state index in [1.165, 1.54) is 0 Å². The molecule has 1 N–H and O–H groups in total. The molecule has 0 spiro atoms. The van der Waals surface area contributed by atoms with Crippen molar-refractivity contribution >= 4 is 11.8 Å². The van der Waals surface area contributed by atoms with Crippen molar-refractivity contribution in [3.05, 3.63) is 30.1 Å². The number of hydrogen-bond donors (Lipinski definition) is 1. The van der Waals surface area contributed by atoms with Crippen LogP contribution in [-0.2, 0) is 16.1 Å². The van der Waals surface area contributed by atoms with E-state index in [1.54, 1.807) is 24.2 Å². The molecule has 2 rings (SSSR count). The highest BCUT2D eigenvalue weighted by molar-refractivity contribution is 5.96. The number of piperazine rings is 1. The fraction of sp³-hybridized carbons (Fsp3) is 0.533. The first-order valence-electron chi connectivity index (χ1n) is 6.98. The number of nitrogens with zero attached hydrogens (tertiary/aromatic N) is 2. The first kappa shape index (κ1) is 14.5. The molecule has 0 aromatic carbocycles. The Morgan fingerprint density at radius 1 is 1.40 bits per heavy atom. The predicted molar refractivity (Wildman–Crippen MR) is 75.6 cm³/mol. The van der Waals surface area contributed by atoms with Crippen LogP contribution in [0.15, 0.2) is 24.5 Å². The third kappa shape index (κ3) is 3.15. The molecule has 1 aromatic heterocycles. The monoisotopic (exact) mass is 275 g/mol. The number of carbonyl (C=O) groups is 2. The molecule has 108 valence electrons. The average Bonchev–Trinajstić information content (AvgIpc) is 2.41. The lowest BCUT2D eigenvalue weighted by molar-refractivity contribution is -0.149. The van der Waals surface area contributed by atoms with Gasteiger partial charge in [-0.1, -0.05) is 19.9 Å². The first-order chi connectivity index (χ1) is 9.49. The summed E-state index contributed by atoms with van der Waals surface area (Å²) in [6, 6.07) is 2.90. The molecule has 2 unspecified atom stereocenters. The van der Waals surface area contributed by atoms with Crippen molar-refractivity contribution in [1.82, 2.24) is 15.2 Å². The van der Waals surface area contributed by atoms with Crippen LogP contribution in [0.25, 0.3) is 0 Å². The Balaban J connectivity index is 2.16. The molecule has 5 heteroatoms. The van der Waals surface area contributed by atoms with E-state index in [9.17, 15) is 9.59 Å². The standard InChI is InChI=1S/C15H21N3O2/c1-10(2)7-13-15(20)18(11(3)14(19)17-13)9-12-5-4-6-16-8-12/h4-6,8,10-11,13H,7,9H2,1-3H3,(H,17,19). The van der Waals surface area contributed by atoms with Gasteiger partial charge in [0, 0.05) is 18.9 Å². The molecule has 1 aliphatic heterocycles. The number of rotatable bonds is 4. The van der Waals surface area contributed by atoms with Crippen LogP contribution in [0.2, 0.25) is 0 Å². The van der Waals surface area contributed by atoms with Crippen molar-refractivity contribution in [1.29, 1.82) is 0 Å². The van der Waals surface area contributed by atoms with Gasteiger partial charge in [-0.15, -0.1) is 0 Å². The maximum atomic E-state index is 12.5. The van der Waals surface area contributed by atoms with Crippen molar-refractivity contribution in [3.8, 4) is 0 Å². The summed E-state index contributed by atoms with van der Waals surface area (Å²) in [6.45, 7) is 6.27. The zero-order chi connectivity index (χ0) is 14.7. The number of carbonyl (C=O) groups excluding carboxylic acids is 2. The van der Waals surface area contributed by atoms with Crippen molar-refractivity contribution in [2.45, 2.75) is 45.8 Å². The van der Waals surface area contributed by atoms with Gasteiger partial charge >= 0.3 is 0 Å². The van der Waals surface area contributed by atoms with Crippen LogP contribution in [0.3, 0.4) is 0 Å². The molecular formula is C15H21N3O2. The maximum Gasteiger partial charge on any atom is 0.246 e. The van der Waals surface area contributed by atoms with Gasteiger partial charge in [0.1, 0.15) is 12.1 Å². The summed E-state index contributed by atoms with van der Waals surface area (Å²) in [6.07, 6.45) is 4.09. The molecule has 2 heterocycles. The van der Waals surface area contributed by atoms with Crippen LogP contribution in [-0.4, -0.2) is 33.8 Å². The number of nitrogens with one attached hydrogen (secondary N) is 1. The molecule has 0 saturated carbocycles. The number of pyridine rings is 1. The van der Waals surface area contributed by atoms with Crippen LogP contribution >= 0.6 is 0 Å². The van der Waals surface area contributed by atoms with Gasteiger partial charge in [-0.3, -0.25) is 14.6 Å². The van der Waals surface area contributed by atoms with Crippen molar-refractivity contribution in [2.24, 2.45) is 5.92 Å². The van der Waals surface area contributed by atoms with Crippen LogP contribution < -0.4 is 5.32 Å². The Bertz CT molecular complexity index is 487. The highest BCUT2D eigenvalue weighted by Gasteiger charge is 2.37. The number of amides is 2. The summed E-state index contributed by atoms with van der Waals surface area (Å²) in [7, 11) is 0. The second kappa shape index (κ2) is 6.03. The second-order valence-corrected chi connectivity index (χ2v) is 5.69. The Labute approximate surface area is 119 Å². The van der Waals surface area contributed by atoms with E-state index in [2.05, 4.69) is 10.3 Å². The van der Waals surface area contributed by atoms with Gasteiger partial charge < -0.3 is 10.2 Å². The lowest BCUT2D eigenvalue weighted by atomic mass is 9.98. The molecule has 0 bridgehead atoms. The smallest absolute Gasteiger partial charge is 0.246 e. The van der Waals surface area contributed by atoms with Crippen LogP contribution in [0.1, 0.15) is 32.8 Å². The summed E-state index contributed by atoms with van der Waals surface area (Å²) < 4.78 is 0. The molecule has 20 heavy (non-hydrogen) atoms. The summed E-state index contributed by atoms with van der Waals surface area (Å²) >= 11 is 0. The van der Waals surface area contributed by atoms with Gasteiger partial charge in [0.05, 0.1) is 0 Å². The summed E-state index contributed by atoms with van der Waals surface area (Å²) in [5.74, 6) is 0.270. The highest BCUT2D eigenvalue weighted by atomic mass is 16.2. The van der Waals surface area contributed by atoms with Crippen LogP contribution in [0.4, 0.5) is 0 Å². The normalized spacial score (nSPS) is 23.1. The summed E-state index contributed by atoms with van der Waals surface area (Å²) in [5.41, 5.74) is 0.936. The van der Waals surface area contributed by atoms with E-state index in [0.29, 0.717) is 18.9 Å². The Morgan fingerprint density at radius 2 is 2.15 bits per heavy atom. The van der Waals surface area contributed by atoms with Gasteiger partial charge in [0.15, 0.2) is 0 Å². The Kier molecular flexibility index (Phi) is 4.37. The van der Waals surface area contributed by atoms with E-state index in [-0.39, 0.29) is 11.8 Å². The van der Waals surface area contributed by atoms with Crippen LogP contribution in [0, 0.1) is 5.92 Å². The quantitative estimate of drug-likeness (QED) is 0.902. The lowest BCUT2D eigenvalue weighted by Crippen LogP contribution is -2.62. The maximum absolute atomic E-state index is 12.5. The van der Waals surface area contributed by atoms with E-state index in [1.807, 2.05) is 26.0 Å². The summed E-state index contributed by atoms with van der Waals surface area (Å²) in [5, 5.41) is 2.82. The number of hydrogen-bond acceptors (Lipinski definition) is 3. The van der Waals surface area contributed by atoms with Crippen molar-refractivity contribution in [2.75, 3.05) is 0 Å². The van der Waals surface area contributed by atoms with E-state index in [0.717, 1.165) is 5.56 Å². The van der Waals surface area contributed by atoms with Crippen molar-refractivity contribution in [3.63, 3.8) is 0 Å². The fourth-order valence-electron chi connectivity index (χ4n) is 2.42. The minimum atomic E-state index is -0.439. The predicted octanol–water partition coefficient (Wildman–Crippen LogP) is 1.34. The molecule has 0 radical (unpaired) electrons. The third-order valence-corrected chi connectivity index (χ3v) is 3.53. The highest BCUT2D eigenvalue weighted by Crippen LogP contribution is 2.18. The van der Waals surface area contributed by atoms with E-state index < -0.39 is 12.1 Å². The van der Waals surface area contributed by atoms with E-state index in [4.69, 9.17) is 0 Å². The lowest BCUT2D eigenvalue weighted by Gasteiger charge is -2.38. The molecule has 2 amide bonds. The zero-order valence-corrected chi connectivity index (χ0v) is 12.2. The van der Waals surface area contributed by atoms with Gasteiger partial charge in [0.25, 0.3) is 0 Å².